The van der Waals surface area contributed by atoms with Gasteiger partial charge < -0.3 is 11.1 Å². The monoisotopic (exact) mass is 192 g/mol. The molecule has 76 valence electrons. The molecule has 0 aliphatic carbocycles. The predicted octanol–water partition coefficient (Wildman–Crippen LogP) is 1.61. The third-order valence-electron chi connectivity index (χ3n) is 2.16. The predicted molar refractivity (Wildman–Crippen MR) is 57.9 cm³/mol. The highest BCUT2D eigenvalue weighted by Gasteiger charge is 2.25. The molecule has 0 spiro atoms. The molecule has 0 saturated heterocycles. The Hall–Kier alpha value is -1.35. The minimum absolute atomic E-state index is 0.0498. The van der Waals surface area contributed by atoms with Crippen molar-refractivity contribution >= 4 is 11.6 Å². The van der Waals surface area contributed by atoms with Crippen LogP contribution in [0.4, 0.5) is 5.69 Å². The summed E-state index contributed by atoms with van der Waals surface area (Å²) in [6.45, 7) is 3.99. The first kappa shape index (κ1) is 10.7. The average Bonchev–Trinajstić information content (AvgIpc) is 2.19. The smallest absolute Gasteiger partial charge is 0.231 e. The van der Waals surface area contributed by atoms with Gasteiger partial charge in [0.2, 0.25) is 5.91 Å². The van der Waals surface area contributed by atoms with Crippen LogP contribution in [0, 0.1) is 5.41 Å². The number of carbonyl (C=O) groups excluding carboxylic acids is 1. The molecule has 3 N–H and O–H groups in total. The van der Waals surface area contributed by atoms with Crippen molar-refractivity contribution in [3.05, 3.63) is 30.3 Å². The fourth-order valence-electron chi connectivity index (χ4n) is 0.914. The van der Waals surface area contributed by atoms with Crippen LogP contribution in [0.5, 0.6) is 0 Å². The average molecular weight is 192 g/mol. The lowest BCUT2D eigenvalue weighted by molar-refractivity contribution is -0.123. The van der Waals surface area contributed by atoms with E-state index in [4.69, 9.17) is 5.73 Å². The molecule has 14 heavy (non-hydrogen) atoms. The van der Waals surface area contributed by atoms with Gasteiger partial charge in [-0.25, -0.2) is 0 Å². The number of nitrogens with one attached hydrogen (secondary N) is 1. The molecule has 0 aliphatic rings. The summed E-state index contributed by atoms with van der Waals surface area (Å²) in [7, 11) is 0. The van der Waals surface area contributed by atoms with E-state index >= 15 is 0 Å². The Morgan fingerprint density at radius 1 is 1.36 bits per heavy atom. The van der Waals surface area contributed by atoms with E-state index < -0.39 is 5.41 Å². The highest BCUT2D eigenvalue weighted by molar-refractivity contribution is 5.94. The summed E-state index contributed by atoms with van der Waals surface area (Å²) in [5, 5.41) is 2.81. The highest BCUT2D eigenvalue weighted by Crippen LogP contribution is 2.16. The molecular formula is C11H16N2O. The standard InChI is InChI=1S/C11H16N2O/c1-11(2,8-12)10(14)13-9-6-4-3-5-7-9/h3-7H,8,12H2,1-2H3,(H,13,14). The van der Waals surface area contributed by atoms with E-state index in [9.17, 15) is 4.79 Å². The van der Waals surface area contributed by atoms with Crippen LogP contribution in [-0.4, -0.2) is 12.5 Å². The largest absolute Gasteiger partial charge is 0.329 e. The van der Waals surface area contributed by atoms with Crippen LogP contribution in [0.15, 0.2) is 30.3 Å². The Kier molecular flexibility index (Phi) is 3.25. The molecule has 3 nitrogen and oxygen atoms in total. The Bertz CT molecular complexity index is 306. The fourth-order valence-corrected chi connectivity index (χ4v) is 0.914. The van der Waals surface area contributed by atoms with E-state index in [1.54, 1.807) is 0 Å². The summed E-state index contributed by atoms with van der Waals surface area (Å²) in [6.07, 6.45) is 0. The second-order valence-corrected chi connectivity index (χ2v) is 3.91. The maximum absolute atomic E-state index is 11.7. The van der Waals surface area contributed by atoms with Gasteiger partial charge >= 0.3 is 0 Å². The van der Waals surface area contributed by atoms with Gasteiger partial charge in [0.25, 0.3) is 0 Å². The lowest BCUT2D eigenvalue weighted by Crippen LogP contribution is -2.37. The molecule has 0 saturated carbocycles. The summed E-state index contributed by atoms with van der Waals surface area (Å²) < 4.78 is 0. The van der Waals surface area contributed by atoms with Crippen LogP contribution in [-0.2, 0) is 4.79 Å². The third kappa shape index (κ3) is 2.57. The molecule has 0 heterocycles. The second kappa shape index (κ2) is 4.24. The lowest BCUT2D eigenvalue weighted by Gasteiger charge is -2.21. The number of para-hydroxylation sites is 1. The number of hydrogen-bond donors (Lipinski definition) is 2. The van der Waals surface area contributed by atoms with Crippen LogP contribution < -0.4 is 11.1 Å². The zero-order valence-corrected chi connectivity index (χ0v) is 8.58. The fraction of sp³-hybridized carbons (Fsp3) is 0.364. The SMILES string of the molecule is CC(C)(CN)C(=O)Nc1ccccc1. The Labute approximate surface area is 84.3 Å². The number of anilines is 1. The van der Waals surface area contributed by atoms with Crippen molar-refractivity contribution in [2.45, 2.75) is 13.8 Å². The van der Waals surface area contributed by atoms with Crippen LogP contribution >= 0.6 is 0 Å². The van der Waals surface area contributed by atoms with E-state index in [1.165, 1.54) is 0 Å². The quantitative estimate of drug-likeness (QED) is 0.764. The number of amides is 1. The van der Waals surface area contributed by atoms with E-state index in [0.29, 0.717) is 6.54 Å². The maximum Gasteiger partial charge on any atom is 0.231 e. The highest BCUT2D eigenvalue weighted by atomic mass is 16.2. The summed E-state index contributed by atoms with van der Waals surface area (Å²) in [6, 6.07) is 9.37. The third-order valence-corrected chi connectivity index (χ3v) is 2.16. The molecule has 1 rings (SSSR count). The van der Waals surface area contributed by atoms with Gasteiger partial charge in [-0.2, -0.15) is 0 Å². The minimum atomic E-state index is -0.518. The van der Waals surface area contributed by atoms with Crippen LogP contribution in [0.1, 0.15) is 13.8 Å². The van der Waals surface area contributed by atoms with E-state index in [1.807, 2.05) is 44.2 Å². The molecule has 0 fully saturated rings. The molecule has 0 atom stereocenters. The van der Waals surface area contributed by atoms with Gasteiger partial charge in [0, 0.05) is 12.2 Å². The van der Waals surface area contributed by atoms with Gasteiger partial charge in [0.15, 0.2) is 0 Å². The number of benzene rings is 1. The van der Waals surface area contributed by atoms with Crippen molar-refractivity contribution in [1.29, 1.82) is 0 Å². The molecule has 1 amide bonds. The zero-order chi connectivity index (χ0) is 10.6. The molecule has 0 bridgehead atoms. The van der Waals surface area contributed by atoms with Gasteiger partial charge in [-0.3, -0.25) is 4.79 Å². The summed E-state index contributed by atoms with van der Waals surface area (Å²) in [5.41, 5.74) is 5.79. The zero-order valence-electron chi connectivity index (χ0n) is 8.58. The van der Waals surface area contributed by atoms with Gasteiger partial charge in [-0.15, -0.1) is 0 Å². The van der Waals surface area contributed by atoms with E-state index in [2.05, 4.69) is 5.32 Å². The van der Waals surface area contributed by atoms with Crippen LogP contribution in [0.25, 0.3) is 0 Å². The van der Waals surface area contributed by atoms with Crippen molar-refractivity contribution in [2.75, 3.05) is 11.9 Å². The van der Waals surface area contributed by atoms with Gasteiger partial charge in [0.1, 0.15) is 0 Å². The van der Waals surface area contributed by atoms with Gasteiger partial charge in [-0.05, 0) is 26.0 Å². The van der Waals surface area contributed by atoms with Gasteiger partial charge in [-0.1, -0.05) is 18.2 Å². The van der Waals surface area contributed by atoms with Crippen molar-refractivity contribution in [1.82, 2.24) is 0 Å². The van der Waals surface area contributed by atoms with Crippen LogP contribution in [0.2, 0.25) is 0 Å². The number of carbonyl (C=O) groups is 1. The Morgan fingerprint density at radius 2 is 1.93 bits per heavy atom. The van der Waals surface area contributed by atoms with Crippen molar-refractivity contribution in [3.63, 3.8) is 0 Å². The molecule has 0 aromatic heterocycles. The number of hydrogen-bond acceptors (Lipinski definition) is 2. The molecule has 0 aliphatic heterocycles. The summed E-state index contributed by atoms with van der Waals surface area (Å²) >= 11 is 0. The summed E-state index contributed by atoms with van der Waals surface area (Å²) in [4.78, 5) is 11.7. The normalized spacial score (nSPS) is 11.1. The first-order chi connectivity index (χ1) is 6.56. The van der Waals surface area contributed by atoms with E-state index in [-0.39, 0.29) is 5.91 Å². The van der Waals surface area contributed by atoms with Crippen molar-refractivity contribution < 1.29 is 4.79 Å². The molecule has 0 radical (unpaired) electrons. The van der Waals surface area contributed by atoms with Crippen molar-refractivity contribution in [3.8, 4) is 0 Å². The number of nitrogens with two attached hydrogens (primary N) is 1. The first-order valence-corrected chi connectivity index (χ1v) is 4.63. The maximum atomic E-state index is 11.7. The molecule has 1 aromatic carbocycles. The molecular weight excluding hydrogens is 176 g/mol. The summed E-state index contributed by atoms with van der Waals surface area (Å²) in [5.74, 6) is -0.0498. The number of rotatable bonds is 3. The van der Waals surface area contributed by atoms with Gasteiger partial charge in [0.05, 0.1) is 5.41 Å². The first-order valence-electron chi connectivity index (χ1n) is 4.63. The van der Waals surface area contributed by atoms with Crippen LogP contribution in [0.3, 0.4) is 0 Å². The topological polar surface area (TPSA) is 55.1 Å². The minimum Gasteiger partial charge on any atom is -0.329 e. The van der Waals surface area contributed by atoms with Crippen molar-refractivity contribution in [2.24, 2.45) is 11.1 Å². The second-order valence-electron chi connectivity index (χ2n) is 3.91. The van der Waals surface area contributed by atoms with E-state index in [0.717, 1.165) is 5.69 Å². The molecule has 1 aromatic rings. The Balaban J connectivity index is 2.67. The molecule has 0 unspecified atom stereocenters. The Morgan fingerprint density at radius 3 is 2.43 bits per heavy atom. The molecule has 3 heteroatoms. The lowest BCUT2D eigenvalue weighted by atomic mass is 9.92.